The van der Waals surface area contributed by atoms with Crippen LogP contribution >= 0.6 is 23.4 Å². The normalized spacial score (nSPS) is 18.7. The molecular formula is C34H41ClN4O3S. The van der Waals surface area contributed by atoms with Gasteiger partial charge >= 0.3 is 6.09 Å². The van der Waals surface area contributed by atoms with Crippen molar-refractivity contribution >= 4 is 40.8 Å². The van der Waals surface area contributed by atoms with Crippen LogP contribution in [-0.2, 0) is 11.2 Å². The molecule has 3 heterocycles. The Kier molecular flexibility index (Phi) is 9.80. The molecule has 0 atom stereocenters. The quantitative estimate of drug-likeness (QED) is 0.308. The zero-order valence-electron chi connectivity index (χ0n) is 24.7. The molecule has 0 radical (unpaired) electrons. The van der Waals surface area contributed by atoms with Crippen molar-refractivity contribution in [3.8, 4) is 0 Å². The summed E-state index contributed by atoms with van der Waals surface area (Å²) < 4.78 is 5.63. The molecule has 9 heteroatoms. The van der Waals surface area contributed by atoms with E-state index in [1.807, 2.05) is 48.2 Å². The third kappa shape index (κ3) is 7.67. The average Bonchev–Trinajstić information content (AvgIpc) is 3.02. The van der Waals surface area contributed by atoms with Gasteiger partial charge in [0.1, 0.15) is 6.61 Å². The molecular weight excluding hydrogens is 580 g/mol. The summed E-state index contributed by atoms with van der Waals surface area (Å²) in [4.78, 5) is 24.3. The Morgan fingerprint density at radius 1 is 0.814 bits per heavy atom. The van der Waals surface area contributed by atoms with Gasteiger partial charge in [0.2, 0.25) is 0 Å². The van der Waals surface area contributed by atoms with Crippen molar-refractivity contribution in [3.05, 3.63) is 83.4 Å². The molecule has 6 rings (SSSR count). The number of fused-ring (bicyclic) bond motifs is 2. The van der Waals surface area contributed by atoms with Gasteiger partial charge in [-0.05, 0) is 61.7 Å². The minimum Gasteiger partial charge on any atom is -0.448 e. The van der Waals surface area contributed by atoms with E-state index >= 15 is 0 Å². The van der Waals surface area contributed by atoms with E-state index in [1.165, 1.54) is 21.2 Å². The molecule has 43 heavy (non-hydrogen) atoms. The Morgan fingerprint density at radius 2 is 1.49 bits per heavy atom. The number of rotatable bonds is 9. The van der Waals surface area contributed by atoms with Crippen LogP contribution in [0.25, 0.3) is 0 Å². The fraction of sp³-hybridized carbons (Fsp3) is 0.441. The van der Waals surface area contributed by atoms with Crippen LogP contribution < -0.4 is 4.90 Å². The van der Waals surface area contributed by atoms with Crippen LogP contribution in [-0.4, -0.2) is 97.0 Å². The van der Waals surface area contributed by atoms with Gasteiger partial charge in [-0.1, -0.05) is 65.8 Å². The van der Waals surface area contributed by atoms with E-state index in [4.69, 9.17) is 16.3 Å². The second-order valence-electron chi connectivity index (χ2n) is 11.9. The number of piperidine rings is 1. The van der Waals surface area contributed by atoms with E-state index in [0.717, 1.165) is 62.8 Å². The number of aliphatic hydroxyl groups is 1. The molecule has 0 aliphatic carbocycles. The maximum absolute atomic E-state index is 12.7. The van der Waals surface area contributed by atoms with Crippen molar-refractivity contribution in [1.82, 2.24) is 14.7 Å². The summed E-state index contributed by atoms with van der Waals surface area (Å²) in [6.07, 6.45) is 2.57. The lowest BCUT2D eigenvalue weighted by molar-refractivity contribution is -0.0207. The van der Waals surface area contributed by atoms with Gasteiger partial charge in [0.15, 0.2) is 0 Å². The predicted molar refractivity (Wildman–Crippen MR) is 174 cm³/mol. The summed E-state index contributed by atoms with van der Waals surface area (Å²) in [5.74, 6) is 0. The third-order valence-corrected chi connectivity index (χ3v) is 10.2. The van der Waals surface area contributed by atoms with Crippen molar-refractivity contribution < 1.29 is 14.6 Å². The molecule has 7 nitrogen and oxygen atoms in total. The zero-order chi connectivity index (χ0) is 29.6. The molecule has 1 amide bonds. The molecule has 3 aliphatic rings. The number of hydrogen-bond donors (Lipinski definition) is 1. The van der Waals surface area contributed by atoms with Gasteiger partial charge in [-0.3, -0.25) is 4.90 Å². The Labute approximate surface area is 264 Å². The number of nitrogens with zero attached hydrogens (tertiary/aromatic N) is 4. The lowest BCUT2D eigenvalue weighted by Crippen LogP contribution is -2.49. The standard InChI is InChI=1S/C34H41ClN4O3S/c35-28-11-12-32-30(25-28)39(29-9-4-5-10-31(29)43-32)16-6-15-36-19-21-37(22-20-36)23-24-42-33(40)38-17-13-34(41,14-18-38)26-27-7-2-1-3-8-27/h1-5,7-12,25,41H,6,13-24,26H2. The minimum atomic E-state index is -0.757. The number of amides is 1. The summed E-state index contributed by atoms with van der Waals surface area (Å²) in [6, 6.07) is 24.9. The molecule has 0 saturated carbocycles. The van der Waals surface area contributed by atoms with Crippen LogP contribution in [0.2, 0.25) is 5.02 Å². The highest BCUT2D eigenvalue weighted by Gasteiger charge is 2.34. The Bertz CT molecular complexity index is 1380. The summed E-state index contributed by atoms with van der Waals surface area (Å²) >= 11 is 8.19. The molecule has 1 N–H and O–H groups in total. The monoisotopic (exact) mass is 620 g/mol. The first-order valence-electron chi connectivity index (χ1n) is 15.4. The van der Waals surface area contributed by atoms with Gasteiger partial charge in [0.05, 0.1) is 17.0 Å². The Morgan fingerprint density at radius 3 is 2.26 bits per heavy atom. The first-order chi connectivity index (χ1) is 21.0. The van der Waals surface area contributed by atoms with Gasteiger partial charge in [-0.25, -0.2) is 4.79 Å². The van der Waals surface area contributed by atoms with Crippen LogP contribution in [0, 0.1) is 0 Å². The number of benzene rings is 3. The van der Waals surface area contributed by atoms with Crippen molar-refractivity contribution in [2.75, 3.05) is 70.4 Å². The SMILES string of the molecule is O=C(OCCN1CCN(CCCN2c3ccccc3Sc3ccc(Cl)cc32)CC1)N1CCC(O)(Cc2ccccc2)CC1. The van der Waals surface area contributed by atoms with E-state index in [2.05, 4.69) is 51.1 Å². The van der Waals surface area contributed by atoms with Gasteiger partial charge in [-0.15, -0.1) is 0 Å². The van der Waals surface area contributed by atoms with Crippen molar-refractivity contribution in [2.45, 2.75) is 41.1 Å². The number of para-hydroxylation sites is 1. The molecule has 228 valence electrons. The highest BCUT2D eigenvalue weighted by Crippen LogP contribution is 2.48. The number of halogens is 1. The smallest absolute Gasteiger partial charge is 0.409 e. The van der Waals surface area contributed by atoms with E-state index < -0.39 is 5.60 Å². The number of piperazine rings is 1. The average molecular weight is 621 g/mol. The number of likely N-dealkylation sites (tertiary alicyclic amines) is 1. The fourth-order valence-corrected chi connectivity index (χ4v) is 7.59. The highest BCUT2D eigenvalue weighted by molar-refractivity contribution is 7.99. The van der Waals surface area contributed by atoms with E-state index in [1.54, 1.807) is 4.90 Å². The molecule has 0 aromatic heterocycles. The zero-order valence-corrected chi connectivity index (χ0v) is 26.2. The van der Waals surface area contributed by atoms with E-state index in [-0.39, 0.29) is 6.09 Å². The van der Waals surface area contributed by atoms with Crippen LogP contribution in [0.15, 0.2) is 82.6 Å². The Hall–Kier alpha value is -2.75. The van der Waals surface area contributed by atoms with Crippen molar-refractivity contribution in [1.29, 1.82) is 0 Å². The molecule has 0 bridgehead atoms. The number of ether oxygens (including phenoxy) is 1. The fourth-order valence-electron chi connectivity index (χ4n) is 6.34. The lowest BCUT2D eigenvalue weighted by atomic mass is 9.85. The van der Waals surface area contributed by atoms with Crippen LogP contribution in [0.1, 0.15) is 24.8 Å². The summed E-state index contributed by atoms with van der Waals surface area (Å²) in [7, 11) is 0. The molecule has 0 unspecified atom stereocenters. The number of anilines is 2. The van der Waals surface area contributed by atoms with E-state index in [0.29, 0.717) is 39.0 Å². The first-order valence-corrected chi connectivity index (χ1v) is 16.6. The summed E-state index contributed by atoms with van der Waals surface area (Å²) in [5.41, 5.74) is 2.83. The largest absolute Gasteiger partial charge is 0.448 e. The van der Waals surface area contributed by atoms with E-state index in [9.17, 15) is 9.90 Å². The van der Waals surface area contributed by atoms with Gasteiger partial charge in [0, 0.05) is 73.6 Å². The van der Waals surface area contributed by atoms with Gasteiger partial charge in [0.25, 0.3) is 0 Å². The molecule has 2 fully saturated rings. The van der Waals surface area contributed by atoms with Crippen molar-refractivity contribution in [3.63, 3.8) is 0 Å². The number of hydrogen-bond acceptors (Lipinski definition) is 7. The molecule has 3 aliphatic heterocycles. The van der Waals surface area contributed by atoms with Crippen molar-refractivity contribution in [2.24, 2.45) is 0 Å². The van der Waals surface area contributed by atoms with Crippen LogP contribution in [0.3, 0.4) is 0 Å². The molecule has 0 spiro atoms. The lowest BCUT2D eigenvalue weighted by Gasteiger charge is -2.38. The number of carbonyl (C=O) groups is 1. The van der Waals surface area contributed by atoms with Gasteiger partial charge in [-0.2, -0.15) is 0 Å². The highest BCUT2D eigenvalue weighted by atomic mass is 35.5. The third-order valence-electron chi connectivity index (χ3n) is 8.87. The first kappa shape index (κ1) is 30.3. The second-order valence-corrected chi connectivity index (χ2v) is 13.4. The predicted octanol–water partition coefficient (Wildman–Crippen LogP) is 6.16. The maximum atomic E-state index is 12.7. The summed E-state index contributed by atoms with van der Waals surface area (Å²) in [6.45, 7) is 8.22. The molecule has 3 aromatic rings. The maximum Gasteiger partial charge on any atom is 0.409 e. The summed E-state index contributed by atoms with van der Waals surface area (Å²) in [5, 5.41) is 11.8. The second kappa shape index (κ2) is 13.9. The van der Waals surface area contributed by atoms with Gasteiger partial charge < -0.3 is 24.5 Å². The molecule has 3 aromatic carbocycles. The number of carbonyl (C=O) groups excluding carboxylic acids is 1. The topological polar surface area (TPSA) is 59.5 Å². The van der Waals surface area contributed by atoms with Crippen LogP contribution in [0.4, 0.5) is 16.2 Å². The molecule has 2 saturated heterocycles. The van der Waals surface area contributed by atoms with Crippen LogP contribution in [0.5, 0.6) is 0 Å². The Balaban J connectivity index is 0.888. The minimum absolute atomic E-state index is 0.263.